The lowest BCUT2D eigenvalue weighted by Crippen LogP contribution is -2.40. The number of azo groups is 1. The molecule has 5 heteroatoms. The highest BCUT2D eigenvalue weighted by molar-refractivity contribution is 5.75. The maximum Gasteiger partial charge on any atom is 0.378 e. The Morgan fingerprint density at radius 1 is 1.78 bits per heavy atom. The summed E-state index contributed by atoms with van der Waals surface area (Å²) in [5.41, 5.74) is 2.66. The van der Waals surface area contributed by atoms with Crippen LogP contribution >= 0.6 is 0 Å². The molecule has 9 heavy (non-hydrogen) atoms. The van der Waals surface area contributed by atoms with Gasteiger partial charge < -0.3 is 0 Å². The number of urea groups is 1. The Hall–Kier alpha value is -0.970. The van der Waals surface area contributed by atoms with Crippen LogP contribution in [-0.2, 0) is 0 Å². The second-order valence-electron chi connectivity index (χ2n) is 1.72. The van der Waals surface area contributed by atoms with Crippen LogP contribution in [0.1, 0.15) is 6.92 Å². The largest absolute Gasteiger partial charge is 0.378 e. The highest BCUT2D eigenvalue weighted by atomic mass is 16.2. The molecule has 2 amide bonds. The van der Waals surface area contributed by atoms with E-state index < -0.39 is 0 Å². The minimum Gasteiger partial charge on any atom is -0.243 e. The van der Waals surface area contributed by atoms with Crippen molar-refractivity contribution in [2.45, 2.75) is 13.1 Å². The van der Waals surface area contributed by atoms with Gasteiger partial charge in [0, 0.05) is 7.05 Å². The fourth-order valence-corrected chi connectivity index (χ4v) is 0.675. The van der Waals surface area contributed by atoms with Crippen LogP contribution in [0, 0.1) is 0 Å². The summed E-state index contributed by atoms with van der Waals surface area (Å²) >= 11 is 0. The molecule has 0 saturated carbocycles. The summed E-state index contributed by atoms with van der Waals surface area (Å²) in [6.07, 6.45) is -0.164. The molecule has 0 spiro atoms. The first kappa shape index (κ1) is 6.15. The Morgan fingerprint density at radius 3 is 2.67 bits per heavy atom. The number of rotatable bonds is 1. The van der Waals surface area contributed by atoms with Crippen molar-refractivity contribution in [3.8, 4) is 0 Å². The van der Waals surface area contributed by atoms with Crippen LogP contribution in [0.25, 0.3) is 0 Å². The van der Waals surface area contributed by atoms with E-state index in [2.05, 4.69) is 15.7 Å². The molecule has 1 N–H and O–H groups in total. The number of nitrogens with zero attached hydrogens (tertiary/aromatic N) is 3. The van der Waals surface area contributed by atoms with Crippen LogP contribution in [0.2, 0.25) is 0 Å². The highest BCUT2D eigenvalue weighted by Gasteiger charge is 2.23. The standard InChI is InChI=1S/C4H8N4O/c1-3-6-7-4(9)8(3)5-2/h3,5H,1-2H3. The van der Waals surface area contributed by atoms with Crippen molar-refractivity contribution in [3.63, 3.8) is 0 Å². The molecule has 0 aromatic carbocycles. The van der Waals surface area contributed by atoms with Crippen LogP contribution in [0.4, 0.5) is 4.79 Å². The highest BCUT2D eigenvalue weighted by Crippen LogP contribution is 2.07. The van der Waals surface area contributed by atoms with Gasteiger partial charge in [0.05, 0.1) is 0 Å². The van der Waals surface area contributed by atoms with Gasteiger partial charge in [0.25, 0.3) is 0 Å². The van der Waals surface area contributed by atoms with Crippen LogP contribution < -0.4 is 5.43 Å². The Kier molecular flexibility index (Phi) is 1.44. The lowest BCUT2D eigenvalue weighted by molar-refractivity contribution is 0.180. The van der Waals surface area contributed by atoms with E-state index >= 15 is 0 Å². The lowest BCUT2D eigenvalue weighted by atomic mass is 10.6. The molecule has 1 unspecified atom stereocenters. The smallest absolute Gasteiger partial charge is 0.243 e. The van der Waals surface area contributed by atoms with Gasteiger partial charge in [-0.05, 0) is 6.92 Å². The van der Waals surface area contributed by atoms with Crippen molar-refractivity contribution < 1.29 is 4.79 Å². The third-order valence-electron chi connectivity index (χ3n) is 1.13. The van der Waals surface area contributed by atoms with Gasteiger partial charge in [0.1, 0.15) is 0 Å². The van der Waals surface area contributed by atoms with Crippen molar-refractivity contribution in [3.05, 3.63) is 0 Å². The van der Waals surface area contributed by atoms with Gasteiger partial charge in [-0.3, -0.25) is 0 Å². The normalized spacial score (nSPS) is 25.8. The number of hydrogen-bond acceptors (Lipinski definition) is 3. The first-order chi connectivity index (χ1) is 4.25. The molecular formula is C4H8N4O. The molecule has 1 atom stereocenters. The van der Waals surface area contributed by atoms with E-state index in [0.29, 0.717) is 0 Å². The average molecular weight is 128 g/mol. The summed E-state index contributed by atoms with van der Waals surface area (Å²) in [6.45, 7) is 1.78. The molecular weight excluding hydrogens is 120 g/mol. The summed E-state index contributed by atoms with van der Waals surface area (Å²) in [7, 11) is 1.66. The van der Waals surface area contributed by atoms with Gasteiger partial charge in [-0.15, -0.1) is 0 Å². The quantitative estimate of drug-likeness (QED) is 0.554. The Morgan fingerprint density at radius 2 is 2.44 bits per heavy atom. The molecule has 0 fully saturated rings. The zero-order chi connectivity index (χ0) is 6.85. The molecule has 5 nitrogen and oxygen atoms in total. The predicted molar refractivity (Wildman–Crippen MR) is 30.6 cm³/mol. The molecule has 1 aliphatic rings. The van der Waals surface area contributed by atoms with Gasteiger partial charge in [-0.25, -0.2) is 15.2 Å². The number of amides is 2. The van der Waals surface area contributed by atoms with Gasteiger partial charge in [0.15, 0.2) is 6.17 Å². The molecule has 50 valence electrons. The van der Waals surface area contributed by atoms with Crippen molar-refractivity contribution >= 4 is 6.03 Å². The van der Waals surface area contributed by atoms with Gasteiger partial charge >= 0.3 is 6.03 Å². The molecule has 0 bridgehead atoms. The lowest BCUT2D eigenvalue weighted by Gasteiger charge is -2.14. The maximum absolute atomic E-state index is 10.6. The summed E-state index contributed by atoms with van der Waals surface area (Å²) in [6, 6.07) is -0.329. The fourth-order valence-electron chi connectivity index (χ4n) is 0.675. The van der Waals surface area contributed by atoms with Crippen LogP contribution in [0.5, 0.6) is 0 Å². The third-order valence-corrected chi connectivity index (χ3v) is 1.13. The monoisotopic (exact) mass is 128 g/mol. The van der Waals surface area contributed by atoms with Gasteiger partial charge in [0.2, 0.25) is 0 Å². The molecule has 1 aliphatic heterocycles. The molecule has 1 rings (SSSR count). The molecule has 0 aliphatic carbocycles. The minimum absolute atomic E-state index is 0.164. The molecule has 1 heterocycles. The zero-order valence-electron chi connectivity index (χ0n) is 5.33. The van der Waals surface area contributed by atoms with Crippen molar-refractivity contribution in [1.29, 1.82) is 0 Å². The summed E-state index contributed by atoms with van der Waals surface area (Å²) < 4.78 is 0. The summed E-state index contributed by atoms with van der Waals surface area (Å²) in [5, 5.41) is 8.27. The summed E-state index contributed by atoms with van der Waals surface area (Å²) in [4.78, 5) is 10.6. The topological polar surface area (TPSA) is 57.1 Å². The molecule has 0 aromatic rings. The van der Waals surface area contributed by atoms with Crippen LogP contribution in [0.3, 0.4) is 0 Å². The number of carbonyl (C=O) groups excluding carboxylic acids is 1. The predicted octanol–water partition coefficient (Wildman–Crippen LogP) is 0.355. The van der Waals surface area contributed by atoms with Crippen molar-refractivity contribution in [2.75, 3.05) is 7.05 Å². The van der Waals surface area contributed by atoms with E-state index in [9.17, 15) is 4.79 Å². The number of hydrogen-bond donors (Lipinski definition) is 1. The number of hydrazine groups is 1. The maximum atomic E-state index is 10.6. The zero-order valence-corrected chi connectivity index (χ0v) is 5.33. The summed E-state index contributed by atoms with van der Waals surface area (Å²) in [5.74, 6) is 0. The van der Waals surface area contributed by atoms with E-state index in [1.54, 1.807) is 14.0 Å². The van der Waals surface area contributed by atoms with Gasteiger partial charge in [-0.2, -0.15) is 5.11 Å². The van der Waals surface area contributed by atoms with E-state index in [4.69, 9.17) is 0 Å². The van der Waals surface area contributed by atoms with Gasteiger partial charge in [-0.1, -0.05) is 5.11 Å². The Bertz CT molecular complexity index is 155. The third kappa shape index (κ3) is 0.904. The SMILES string of the molecule is CNN1C(=O)N=NC1C. The fraction of sp³-hybridized carbons (Fsp3) is 0.750. The van der Waals surface area contributed by atoms with Crippen molar-refractivity contribution in [2.24, 2.45) is 10.2 Å². The van der Waals surface area contributed by atoms with E-state index in [0.717, 1.165) is 0 Å². The minimum atomic E-state index is -0.329. The van der Waals surface area contributed by atoms with E-state index in [1.165, 1.54) is 5.01 Å². The molecule has 0 radical (unpaired) electrons. The number of carbonyl (C=O) groups is 1. The van der Waals surface area contributed by atoms with E-state index in [-0.39, 0.29) is 12.2 Å². The van der Waals surface area contributed by atoms with Crippen LogP contribution in [0.15, 0.2) is 10.2 Å². The average Bonchev–Trinajstić information content (AvgIpc) is 2.12. The van der Waals surface area contributed by atoms with Crippen molar-refractivity contribution in [1.82, 2.24) is 10.4 Å². The second kappa shape index (κ2) is 2.10. The first-order valence-corrected chi connectivity index (χ1v) is 2.67. The molecule has 0 aromatic heterocycles. The molecule has 0 saturated heterocycles. The second-order valence-corrected chi connectivity index (χ2v) is 1.72. The van der Waals surface area contributed by atoms with Crippen LogP contribution in [-0.4, -0.2) is 24.3 Å². The number of nitrogens with one attached hydrogen (secondary N) is 1. The van der Waals surface area contributed by atoms with E-state index in [1.807, 2.05) is 0 Å². The Balaban J connectivity index is 2.63. The first-order valence-electron chi connectivity index (χ1n) is 2.67. The Labute approximate surface area is 52.7 Å².